The number of Topliss-reactive ketones (excluding diaryl/α,β-unsaturated/α-hetero) is 1. The minimum absolute atomic E-state index is 0.0526. The number of esters is 1. The number of carbonyl (C=O) groups excluding carboxylic acids is 2. The zero-order chi connectivity index (χ0) is 13.1. The fraction of sp³-hybridized carbons (Fsp3) is 0.250. The van der Waals surface area contributed by atoms with Gasteiger partial charge >= 0.3 is 11.7 Å². The fourth-order valence-electron chi connectivity index (χ4n) is 1.67. The number of fused-ring (bicyclic) bond motifs is 1. The number of H-pyrrole nitrogens is 2. The van der Waals surface area contributed by atoms with Crippen LogP contribution in [0.4, 0.5) is 0 Å². The molecular formula is C12H12N2O4. The minimum Gasteiger partial charge on any atom is -0.469 e. The standard InChI is InChI=1S/C12H12N2O4/c1-18-11(16)5-4-10(15)7-2-3-8-9(6-7)14-12(17)13-8/h2-3,6H,4-5H2,1H3,(H2,13,14,17). The summed E-state index contributed by atoms with van der Waals surface area (Å²) in [6.07, 6.45) is 0.143. The van der Waals surface area contributed by atoms with Gasteiger partial charge in [-0.15, -0.1) is 0 Å². The second-order valence-corrected chi connectivity index (χ2v) is 3.84. The molecule has 18 heavy (non-hydrogen) atoms. The Labute approximate surface area is 102 Å². The van der Waals surface area contributed by atoms with Gasteiger partial charge in [-0.3, -0.25) is 9.59 Å². The molecule has 0 amide bonds. The summed E-state index contributed by atoms with van der Waals surface area (Å²) in [5.41, 5.74) is 1.36. The molecule has 0 saturated carbocycles. The molecule has 0 saturated heterocycles. The molecule has 6 nitrogen and oxygen atoms in total. The summed E-state index contributed by atoms with van der Waals surface area (Å²) in [6.45, 7) is 0. The summed E-state index contributed by atoms with van der Waals surface area (Å²) in [4.78, 5) is 39.0. The van der Waals surface area contributed by atoms with E-state index in [0.717, 1.165) is 0 Å². The highest BCUT2D eigenvalue weighted by Crippen LogP contribution is 2.12. The maximum atomic E-state index is 11.8. The van der Waals surface area contributed by atoms with Crippen LogP contribution in [0.25, 0.3) is 11.0 Å². The Hall–Kier alpha value is -2.37. The SMILES string of the molecule is COC(=O)CCC(=O)c1ccc2[nH]c(=O)[nH]c2c1. The van der Waals surface area contributed by atoms with E-state index in [1.165, 1.54) is 7.11 Å². The molecular weight excluding hydrogens is 236 g/mol. The average molecular weight is 248 g/mol. The summed E-state index contributed by atoms with van der Waals surface area (Å²) in [5, 5.41) is 0. The number of ketones is 1. The number of nitrogens with one attached hydrogen (secondary N) is 2. The summed E-state index contributed by atoms with van der Waals surface area (Å²) in [7, 11) is 1.28. The smallest absolute Gasteiger partial charge is 0.323 e. The molecule has 0 aliphatic heterocycles. The molecule has 0 bridgehead atoms. The Kier molecular flexibility index (Phi) is 3.27. The number of methoxy groups -OCH3 is 1. The van der Waals surface area contributed by atoms with Crippen molar-refractivity contribution in [2.45, 2.75) is 12.8 Å². The van der Waals surface area contributed by atoms with Gasteiger partial charge in [-0.2, -0.15) is 0 Å². The molecule has 0 aliphatic rings. The number of aromatic amines is 2. The lowest BCUT2D eigenvalue weighted by molar-refractivity contribution is -0.140. The van der Waals surface area contributed by atoms with Crippen molar-refractivity contribution in [1.29, 1.82) is 0 Å². The zero-order valence-corrected chi connectivity index (χ0v) is 9.78. The van der Waals surface area contributed by atoms with Crippen molar-refractivity contribution in [1.82, 2.24) is 9.97 Å². The number of ether oxygens (including phenoxy) is 1. The van der Waals surface area contributed by atoms with Crippen molar-refractivity contribution in [2.75, 3.05) is 7.11 Å². The highest BCUT2D eigenvalue weighted by atomic mass is 16.5. The largest absolute Gasteiger partial charge is 0.469 e. The quantitative estimate of drug-likeness (QED) is 0.623. The first-order chi connectivity index (χ1) is 8.60. The predicted molar refractivity (Wildman–Crippen MR) is 64.5 cm³/mol. The lowest BCUT2D eigenvalue weighted by Crippen LogP contribution is -2.05. The van der Waals surface area contributed by atoms with Gasteiger partial charge < -0.3 is 14.7 Å². The van der Waals surface area contributed by atoms with E-state index >= 15 is 0 Å². The van der Waals surface area contributed by atoms with Crippen LogP contribution in [0, 0.1) is 0 Å². The maximum absolute atomic E-state index is 11.8. The average Bonchev–Trinajstić information content (AvgIpc) is 2.74. The van der Waals surface area contributed by atoms with Crippen molar-refractivity contribution in [3.8, 4) is 0 Å². The summed E-state index contributed by atoms with van der Waals surface area (Å²) in [6, 6.07) is 4.86. The summed E-state index contributed by atoms with van der Waals surface area (Å²) >= 11 is 0. The number of carbonyl (C=O) groups is 2. The van der Waals surface area contributed by atoms with Gasteiger partial charge in [0.1, 0.15) is 0 Å². The second kappa shape index (κ2) is 4.87. The van der Waals surface area contributed by atoms with Gasteiger partial charge in [0, 0.05) is 12.0 Å². The third-order valence-electron chi connectivity index (χ3n) is 2.62. The van der Waals surface area contributed by atoms with E-state index in [1.807, 2.05) is 0 Å². The molecule has 1 aromatic heterocycles. The van der Waals surface area contributed by atoms with Crippen LogP contribution >= 0.6 is 0 Å². The molecule has 2 N–H and O–H groups in total. The molecule has 0 atom stereocenters. The van der Waals surface area contributed by atoms with Gasteiger partial charge in [0.15, 0.2) is 5.78 Å². The van der Waals surface area contributed by atoms with Crippen LogP contribution in [-0.2, 0) is 9.53 Å². The Bertz CT molecular complexity index is 653. The number of hydrogen-bond donors (Lipinski definition) is 2. The van der Waals surface area contributed by atoms with E-state index in [0.29, 0.717) is 16.6 Å². The molecule has 0 spiro atoms. The monoisotopic (exact) mass is 248 g/mol. The van der Waals surface area contributed by atoms with Gasteiger partial charge in [-0.1, -0.05) is 0 Å². The first-order valence-corrected chi connectivity index (χ1v) is 5.42. The van der Waals surface area contributed by atoms with Crippen molar-refractivity contribution < 1.29 is 14.3 Å². The summed E-state index contributed by atoms with van der Waals surface area (Å²) in [5.74, 6) is -0.580. The molecule has 0 unspecified atom stereocenters. The van der Waals surface area contributed by atoms with Crippen molar-refractivity contribution in [3.63, 3.8) is 0 Å². The molecule has 2 rings (SSSR count). The van der Waals surface area contributed by atoms with Gasteiger partial charge in [0.2, 0.25) is 0 Å². The molecule has 6 heteroatoms. The third kappa shape index (κ3) is 2.48. The van der Waals surface area contributed by atoms with Gasteiger partial charge in [0.25, 0.3) is 0 Å². The number of hydrogen-bond acceptors (Lipinski definition) is 4. The highest BCUT2D eigenvalue weighted by molar-refractivity contribution is 5.99. The number of imidazole rings is 1. The molecule has 1 heterocycles. The Morgan fingerprint density at radius 2 is 1.89 bits per heavy atom. The van der Waals surface area contributed by atoms with Crippen molar-refractivity contribution in [2.24, 2.45) is 0 Å². The van der Waals surface area contributed by atoms with Crippen LogP contribution in [-0.4, -0.2) is 28.8 Å². The zero-order valence-electron chi connectivity index (χ0n) is 9.78. The van der Waals surface area contributed by atoms with Gasteiger partial charge in [0.05, 0.1) is 24.6 Å². The summed E-state index contributed by atoms with van der Waals surface area (Å²) < 4.78 is 4.47. The Morgan fingerprint density at radius 3 is 2.61 bits per heavy atom. The van der Waals surface area contributed by atoms with Crippen LogP contribution in [0.5, 0.6) is 0 Å². The highest BCUT2D eigenvalue weighted by Gasteiger charge is 2.10. The molecule has 0 radical (unpaired) electrons. The first-order valence-electron chi connectivity index (χ1n) is 5.42. The number of aromatic nitrogens is 2. The normalized spacial score (nSPS) is 10.5. The lowest BCUT2D eigenvalue weighted by atomic mass is 10.1. The van der Waals surface area contributed by atoms with E-state index in [1.54, 1.807) is 18.2 Å². The van der Waals surface area contributed by atoms with E-state index < -0.39 is 5.97 Å². The molecule has 94 valence electrons. The molecule has 1 aromatic carbocycles. The fourth-order valence-corrected chi connectivity index (χ4v) is 1.67. The molecule has 2 aromatic rings. The Morgan fingerprint density at radius 1 is 1.17 bits per heavy atom. The third-order valence-corrected chi connectivity index (χ3v) is 2.62. The minimum atomic E-state index is -0.417. The second-order valence-electron chi connectivity index (χ2n) is 3.84. The molecule has 0 aliphatic carbocycles. The number of rotatable bonds is 4. The molecule has 0 fully saturated rings. The topological polar surface area (TPSA) is 92.0 Å². The van der Waals surface area contributed by atoms with E-state index in [9.17, 15) is 14.4 Å². The van der Waals surface area contributed by atoms with Gasteiger partial charge in [-0.05, 0) is 18.2 Å². The first kappa shape index (κ1) is 12.1. The van der Waals surface area contributed by atoms with Crippen LogP contribution < -0.4 is 5.69 Å². The van der Waals surface area contributed by atoms with Crippen molar-refractivity contribution in [3.05, 3.63) is 34.2 Å². The lowest BCUT2D eigenvalue weighted by Gasteiger charge is -2.00. The van der Waals surface area contributed by atoms with Crippen LogP contribution in [0.2, 0.25) is 0 Å². The van der Waals surface area contributed by atoms with E-state index in [4.69, 9.17) is 0 Å². The number of benzene rings is 1. The van der Waals surface area contributed by atoms with E-state index in [2.05, 4.69) is 14.7 Å². The Balaban J connectivity index is 2.17. The van der Waals surface area contributed by atoms with E-state index in [-0.39, 0.29) is 24.3 Å². The van der Waals surface area contributed by atoms with Gasteiger partial charge in [-0.25, -0.2) is 4.79 Å². The van der Waals surface area contributed by atoms with Crippen LogP contribution in [0.3, 0.4) is 0 Å². The maximum Gasteiger partial charge on any atom is 0.323 e. The van der Waals surface area contributed by atoms with Crippen LogP contribution in [0.1, 0.15) is 23.2 Å². The van der Waals surface area contributed by atoms with Crippen LogP contribution in [0.15, 0.2) is 23.0 Å². The van der Waals surface area contributed by atoms with Crippen molar-refractivity contribution >= 4 is 22.8 Å². The predicted octanol–water partition coefficient (Wildman–Crippen LogP) is 0.992.